The Kier molecular flexibility index (Phi) is 3.59. The van der Waals surface area contributed by atoms with Crippen LogP contribution in [-0.2, 0) is 4.74 Å². The van der Waals surface area contributed by atoms with Crippen LogP contribution in [0.25, 0.3) is 0 Å². The van der Waals surface area contributed by atoms with Crippen LogP contribution >= 0.6 is 15.9 Å². The highest BCUT2D eigenvalue weighted by Crippen LogP contribution is 2.27. The summed E-state index contributed by atoms with van der Waals surface area (Å²) in [6.07, 6.45) is 2.75. The van der Waals surface area contributed by atoms with Gasteiger partial charge in [0, 0.05) is 0 Å². The van der Waals surface area contributed by atoms with Crippen molar-refractivity contribution in [3.05, 3.63) is 28.5 Å². The standard InChI is InChI=1S/C11H12BrFO2/c12-11-9(13)2-1-3-10(11)15-7-6-14-8-4-5-8/h1-3,8H,4-7H2. The molecular formula is C11H12BrFO2. The summed E-state index contributed by atoms with van der Waals surface area (Å²) in [6.45, 7) is 1.02. The van der Waals surface area contributed by atoms with Crippen molar-refractivity contribution in [2.75, 3.05) is 13.2 Å². The Morgan fingerprint density at radius 1 is 1.33 bits per heavy atom. The molecule has 2 rings (SSSR count). The van der Waals surface area contributed by atoms with Gasteiger partial charge in [-0.1, -0.05) is 6.07 Å². The number of ether oxygens (including phenoxy) is 2. The number of hydrogen-bond donors (Lipinski definition) is 0. The van der Waals surface area contributed by atoms with Gasteiger partial charge < -0.3 is 9.47 Å². The zero-order valence-corrected chi connectivity index (χ0v) is 9.80. The van der Waals surface area contributed by atoms with E-state index in [1.807, 2.05) is 0 Å². The van der Waals surface area contributed by atoms with E-state index in [-0.39, 0.29) is 5.82 Å². The summed E-state index contributed by atoms with van der Waals surface area (Å²) in [4.78, 5) is 0. The number of halogens is 2. The zero-order valence-electron chi connectivity index (χ0n) is 8.21. The summed E-state index contributed by atoms with van der Waals surface area (Å²) in [5.74, 6) is 0.213. The van der Waals surface area contributed by atoms with Crippen LogP contribution in [-0.4, -0.2) is 19.3 Å². The molecule has 0 aromatic heterocycles. The predicted molar refractivity (Wildman–Crippen MR) is 58.6 cm³/mol. The molecule has 0 radical (unpaired) electrons. The second kappa shape index (κ2) is 4.94. The number of benzene rings is 1. The monoisotopic (exact) mass is 274 g/mol. The molecule has 1 aliphatic carbocycles. The van der Waals surface area contributed by atoms with E-state index < -0.39 is 0 Å². The fourth-order valence-corrected chi connectivity index (χ4v) is 1.58. The van der Waals surface area contributed by atoms with Crippen LogP contribution < -0.4 is 4.74 Å². The van der Waals surface area contributed by atoms with Gasteiger partial charge in [0.2, 0.25) is 0 Å². The minimum Gasteiger partial charge on any atom is -0.490 e. The Bertz CT molecular complexity index is 339. The second-order valence-corrected chi connectivity index (χ2v) is 4.26. The summed E-state index contributed by atoms with van der Waals surface area (Å²) >= 11 is 3.13. The first kappa shape index (κ1) is 10.9. The van der Waals surface area contributed by atoms with Gasteiger partial charge in [-0.25, -0.2) is 4.39 Å². The molecule has 0 bridgehead atoms. The molecule has 0 unspecified atom stereocenters. The normalized spacial score (nSPS) is 15.3. The van der Waals surface area contributed by atoms with Crippen molar-refractivity contribution in [1.29, 1.82) is 0 Å². The molecule has 1 fully saturated rings. The van der Waals surface area contributed by atoms with Crippen LogP contribution in [0, 0.1) is 5.82 Å². The predicted octanol–water partition coefficient (Wildman–Crippen LogP) is 3.15. The molecule has 0 N–H and O–H groups in total. The first-order valence-electron chi connectivity index (χ1n) is 4.96. The van der Waals surface area contributed by atoms with E-state index >= 15 is 0 Å². The van der Waals surface area contributed by atoms with Gasteiger partial charge in [-0.15, -0.1) is 0 Å². The van der Waals surface area contributed by atoms with Crippen molar-refractivity contribution in [2.45, 2.75) is 18.9 Å². The molecule has 15 heavy (non-hydrogen) atoms. The Morgan fingerprint density at radius 2 is 2.13 bits per heavy atom. The highest BCUT2D eigenvalue weighted by Gasteiger charge is 2.21. The van der Waals surface area contributed by atoms with Crippen LogP contribution in [0.1, 0.15) is 12.8 Å². The molecular weight excluding hydrogens is 263 g/mol. The van der Waals surface area contributed by atoms with Gasteiger partial charge in [-0.05, 0) is 40.9 Å². The lowest BCUT2D eigenvalue weighted by atomic mass is 10.3. The van der Waals surface area contributed by atoms with Crippen LogP contribution in [0.3, 0.4) is 0 Å². The third-order valence-electron chi connectivity index (χ3n) is 2.13. The Balaban J connectivity index is 1.78. The van der Waals surface area contributed by atoms with E-state index in [1.165, 1.54) is 6.07 Å². The maximum atomic E-state index is 13.1. The summed E-state index contributed by atoms with van der Waals surface area (Å²) in [6, 6.07) is 4.74. The highest BCUT2D eigenvalue weighted by molar-refractivity contribution is 9.10. The summed E-state index contributed by atoms with van der Waals surface area (Å²) in [5.41, 5.74) is 0. The van der Waals surface area contributed by atoms with Gasteiger partial charge in [0.05, 0.1) is 17.2 Å². The maximum Gasteiger partial charge on any atom is 0.141 e. The molecule has 1 saturated carbocycles. The topological polar surface area (TPSA) is 18.5 Å². The highest BCUT2D eigenvalue weighted by atomic mass is 79.9. The lowest BCUT2D eigenvalue weighted by Crippen LogP contribution is -2.08. The third-order valence-corrected chi connectivity index (χ3v) is 2.90. The largest absolute Gasteiger partial charge is 0.490 e. The third kappa shape index (κ3) is 3.18. The number of hydrogen-bond acceptors (Lipinski definition) is 2. The van der Waals surface area contributed by atoms with Gasteiger partial charge >= 0.3 is 0 Å². The minimum absolute atomic E-state index is 0.310. The molecule has 0 atom stereocenters. The van der Waals surface area contributed by atoms with E-state index in [0.29, 0.717) is 29.5 Å². The molecule has 0 heterocycles. The van der Waals surface area contributed by atoms with Crippen molar-refractivity contribution >= 4 is 15.9 Å². The SMILES string of the molecule is Fc1cccc(OCCOC2CC2)c1Br. The van der Waals surface area contributed by atoms with Crippen molar-refractivity contribution in [1.82, 2.24) is 0 Å². The fourth-order valence-electron chi connectivity index (χ4n) is 1.20. The smallest absolute Gasteiger partial charge is 0.141 e. The summed E-state index contributed by atoms with van der Waals surface area (Å²) < 4.78 is 24.2. The second-order valence-electron chi connectivity index (χ2n) is 3.47. The van der Waals surface area contributed by atoms with Crippen molar-refractivity contribution in [3.8, 4) is 5.75 Å². The molecule has 0 spiro atoms. The van der Waals surface area contributed by atoms with Crippen LogP contribution in [0.4, 0.5) is 4.39 Å². The van der Waals surface area contributed by atoms with Gasteiger partial charge in [0.1, 0.15) is 18.2 Å². The fraction of sp³-hybridized carbons (Fsp3) is 0.455. The Morgan fingerprint density at radius 3 is 2.87 bits per heavy atom. The quantitative estimate of drug-likeness (QED) is 0.768. The first-order chi connectivity index (χ1) is 7.27. The van der Waals surface area contributed by atoms with E-state index in [9.17, 15) is 4.39 Å². The van der Waals surface area contributed by atoms with Crippen LogP contribution in [0.2, 0.25) is 0 Å². The van der Waals surface area contributed by atoms with E-state index in [2.05, 4.69) is 15.9 Å². The van der Waals surface area contributed by atoms with Crippen molar-refractivity contribution in [3.63, 3.8) is 0 Å². The van der Waals surface area contributed by atoms with E-state index in [4.69, 9.17) is 9.47 Å². The van der Waals surface area contributed by atoms with Gasteiger partial charge in [-0.3, -0.25) is 0 Å². The summed E-state index contributed by atoms with van der Waals surface area (Å²) in [7, 11) is 0. The molecule has 0 saturated heterocycles. The Hall–Kier alpha value is -0.610. The van der Waals surface area contributed by atoms with E-state index in [0.717, 1.165) is 12.8 Å². The average molecular weight is 275 g/mol. The lowest BCUT2D eigenvalue weighted by molar-refractivity contribution is 0.0877. The molecule has 1 aromatic rings. The average Bonchev–Trinajstić information content (AvgIpc) is 3.02. The van der Waals surface area contributed by atoms with Crippen LogP contribution in [0.15, 0.2) is 22.7 Å². The molecule has 0 amide bonds. The van der Waals surface area contributed by atoms with Gasteiger partial charge in [0.25, 0.3) is 0 Å². The molecule has 1 aliphatic rings. The minimum atomic E-state index is -0.310. The molecule has 82 valence electrons. The van der Waals surface area contributed by atoms with Gasteiger partial charge in [-0.2, -0.15) is 0 Å². The van der Waals surface area contributed by atoms with Gasteiger partial charge in [0.15, 0.2) is 0 Å². The van der Waals surface area contributed by atoms with Crippen LogP contribution in [0.5, 0.6) is 5.75 Å². The van der Waals surface area contributed by atoms with Crippen molar-refractivity contribution in [2.24, 2.45) is 0 Å². The first-order valence-corrected chi connectivity index (χ1v) is 5.75. The van der Waals surface area contributed by atoms with Crippen molar-refractivity contribution < 1.29 is 13.9 Å². The maximum absolute atomic E-state index is 13.1. The van der Waals surface area contributed by atoms with E-state index in [1.54, 1.807) is 12.1 Å². The molecule has 4 heteroatoms. The molecule has 1 aromatic carbocycles. The zero-order chi connectivity index (χ0) is 10.7. The molecule has 2 nitrogen and oxygen atoms in total. The summed E-state index contributed by atoms with van der Waals surface area (Å²) in [5, 5.41) is 0. The lowest BCUT2D eigenvalue weighted by Gasteiger charge is -2.08. The molecule has 0 aliphatic heterocycles. The Labute approximate surface area is 96.5 Å². The number of rotatable bonds is 5.